The van der Waals surface area contributed by atoms with Gasteiger partial charge in [0.1, 0.15) is 5.75 Å². The molecule has 2 rings (SSSR count). The number of halogens is 1. The summed E-state index contributed by atoms with van der Waals surface area (Å²) in [4.78, 5) is 12.7. The van der Waals surface area contributed by atoms with Crippen LogP contribution in [-0.2, 0) is 4.79 Å². The first-order chi connectivity index (χ1) is 10.5. The summed E-state index contributed by atoms with van der Waals surface area (Å²) in [5.74, 6) is 0.309. The van der Waals surface area contributed by atoms with Gasteiger partial charge in [-0.2, -0.15) is 5.10 Å². The third-order valence-corrected chi connectivity index (χ3v) is 4.60. The van der Waals surface area contributed by atoms with Crippen molar-refractivity contribution in [1.29, 1.82) is 0 Å². The fraction of sp³-hybridized carbons (Fsp3) is 0.250. The highest BCUT2D eigenvalue weighted by molar-refractivity contribution is 7.11. The molecule has 1 aromatic carbocycles. The Morgan fingerprint density at radius 1 is 1.32 bits per heavy atom. The molecule has 1 N–H and O–H groups in total. The van der Waals surface area contributed by atoms with Crippen LogP contribution >= 0.6 is 22.9 Å². The average Bonchev–Trinajstić information content (AvgIpc) is 2.88. The quantitative estimate of drug-likeness (QED) is 0.666. The molecule has 2 aromatic rings. The molecular formula is C16H17ClN2O2S. The molecule has 0 saturated carbocycles. The van der Waals surface area contributed by atoms with Crippen molar-refractivity contribution in [2.24, 2.45) is 5.10 Å². The molecular weight excluding hydrogens is 320 g/mol. The first-order valence-corrected chi connectivity index (χ1v) is 7.98. The summed E-state index contributed by atoms with van der Waals surface area (Å²) < 4.78 is 5.45. The topological polar surface area (TPSA) is 50.7 Å². The highest BCUT2D eigenvalue weighted by Gasteiger charge is 2.06. The van der Waals surface area contributed by atoms with Crippen LogP contribution in [-0.4, -0.2) is 18.7 Å². The van der Waals surface area contributed by atoms with Crippen LogP contribution in [0.3, 0.4) is 0 Å². The second-order valence-electron chi connectivity index (χ2n) is 4.92. The zero-order valence-corrected chi connectivity index (χ0v) is 14.2. The number of thiophene rings is 1. The molecule has 4 nitrogen and oxygen atoms in total. The van der Waals surface area contributed by atoms with E-state index in [0.717, 1.165) is 21.6 Å². The smallest absolute Gasteiger partial charge is 0.277 e. The van der Waals surface area contributed by atoms with Crippen LogP contribution in [0.25, 0.3) is 0 Å². The third kappa shape index (κ3) is 4.32. The van der Waals surface area contributed by atoms with Gasteiger partial charge >= 0.3 is 0 Å². The zero-order chi connectivity index (χ0) is 16.1. The molecule has 0 radical (unpaired) electrons. The van der Waals surface area contributed by atoms with Gasteiger partial charge in [0.15, 0.2) is 6.61 Å². The summed E-state index contributed by atoms with van der Waals surface area (Å²) in [5, 5.41) is 6.62. The maximum absolute atomic E-state index is 11.7. The molecule has 0 atom stereocenters. The van der Waals surface area contributed by atoms with E-state index < -0.39 is 0 Å². The summed E-state index contributed by atoms with van der Waals surface area (Å²) in [6.45, 7) is 5.70. The zero-order valence-electron chi connectivity index (χ0n) is 12.6. The van der Waals surface area contributed by atoms with Crippen molar-refractivity contribution in [3.63, 3.8) is 0 Å². The van der Waals surface area contributed by atoms with Crippen molar-refractivity contribution in [3.8, 4) is 5.75 Å². The Bertz CT molecular complexity index is 687. The lowest BCUT2D eigenvalue weighted by Gasteiger charge is -2.09. The standard InChI is InChI=1S/C16H17ClN2O2S/c1-10-4-5-22-14(10)8-18-19-15(20)9-21-13-6-11(2)16(17)12(3)7-13/h4-8H,9H2,1-3H3,(H,19,20). The molecule has 0 unspecified atom stereocenters. The van der Waals surface area contributed by atoms with Crippen molar-refractivity contribution < 1.29 is 9.53 Å². The summed E-state index contributed by atoms with van der Waals surface area (Å²) in [7, 11) is 0. The van der Waals surface area contributed by atoms with E-state index in [2.05, 4.69) is 10.5 Å². The number of amides is 1. The number of aryl methyl sites for hydroxylation is 3. The predicted octanol–water partition coefficient (Wildman–Crippen LogP) is 3.86. The van der Waals surface area contributed by atoms with Crippen LogP contribution in [0.4, 0.5) is 0 Å². The summed E-state index contributed by atoms with van der Waals surface area (Å²) in [6, 6.07) is 5.62. The average molecular weight is 337 g/mol. The van der Waals surface area contributed by atoms with Gasteiger partial charge in [0.05, 0.1) is 6.21 Å². The molecule has 6 heteroatoms. The van der Waals surface area contributed by atoms with Crippen molar-refractivity contribution in [1.82, 2.24) is 5.43 Å². The Morgan fingerprint density at radius 3 is 2.59 bits per heavy atom. The van der Waals surface area contributed by atoms with E-state index in [0.29, 0.717) is 10.8 Å². The van der Waals surface area contributed by atoms with Crippen molar-refractivity contribution >= 4 is 35.1 Å². The second kappa shape index (κ2) is 7.42. The van der Waals surface area contributed by atoms with Gasteiger partial charge in [-0.15, -0.1) is 11.3 Å². The first kappa shape index (κ1) is 16.5. The Labute approximate surface area is 138 Å². The Kier molecular flexibility index (Phi) is 5.57. The largest absolute Gasteiger partial charge is 0.484 e. The van der Waals surface area contributed by atoms with E-state index in [4.69, 9.17) is 16.3 Å². The van der Waals surface area contributed by atoms with Gasteiger partial charge < -0.3 is 4.74 Å². The van der Waals surface area contributed by atoms with E-state index in [9.17, 15) is 4.79 Å². The van der Waals surface area contributed by atoms with E-state index in [1.54, 1.807) is 29.7 Å². The highest BCUT2D eigenvalue weighted by atomic mass is 35.5. The van der Waals surface area contributed by atoms with Crippen LogP contribution in [0, 0.1) is 20.8 Å². The maximum atomic E-state index is 11.7. The maximum Gasteiger partial charge on any atom is 0.277 e. The van der Waals surface area contributed by atoms with Crippen molar-refractivity contribution in [2.45, 2.75) is 20.8 Å². The number of nitrogens with zero attached hydrogens (tertiary/aromatic N) is 1. The number of carbonyl (C=O) groups excluding carboxylic acids is 1. The molecule has 0 saturated heterocycles. The molecule has 0 fully saturated rings. The third-order valence-electron chi connectivity index (χ3n) is 3.05. The summed E-state index contributed by atoms with van der Waals surface area (Å²) in [6.07, 6.45) is 1.63. The molecule has 0 aliphatic carbocycles. The predicted molar refractivity (Wildman–Crippen MR) is 91.2 cm³/mol. The van der Waals surface area contributed by atoms with Gasteiger partial charge in [-0.1, -0.05) is 11.6 Å². The normalized spacial score (nSPS) is 10.9. The monoisotopic (exact) mass is 336 g/mol. The highest BCUT2D eigenvalue weighted by Crippen LogP contribution is 2.25. The van der Waals surface area contributed by atoms with Crippen LogP contribution in [0.2, 0.25) is 5.02 Å². The number of rotatable bonds is 5. The SMILES string of the molecule is Cc1ccsc1C=NNC(=O)COc1cc(C)c(Cl)c(C)c1. The van der Waals surface area contributed by atoms with Crippen LogP contribution < -0.4 is 10.2 Å². The summed E-state index contributed by atoms with van der Waals surface area (Å²) in [5.41, 5.74) is 5.42. The molecule has 0 bridgehead atoms. The van der Waals surface area contributed by atoms with Crippen molar-refractivity contribution in [3.05, 3.63) is 50.2 Å². The summed E-state index contributed by atoms with van der Waals surface area (Å²) >= 11 is 7.66. The fourth-order valence-electron chi connectivity index (χ4n) is 1.85. The lowest BCUT2D eigenvalue weighted by atomic mass is 10.1. The number of carbonyl (C=O) groups is 1. The number of hydrogen-bond donors (Lipinski definition) is 1. The lowest BCUT2D eigenvalue weighted by Crippen LogP contribution is -2.24. The number of hydrogen-bond acceptors (Lipinski definition) is 4. The molecule has 0 spiro atoms. The van der Waals surface area contributed by atoms with E-state index in [1.807, 2.05) is 32.2 Å². The minimum atomic E-state index is -0.310. The lowest BCUT2D eigenvalue weighted by molar-refractivity contribution is -0.123. The Balaban J connectivity index is 1.86. The molecule has 22 heavy (non-hydrogen) atoms. The molecule has 1 heterocycles. The number of nitrogens with one attached hydrogen (secondary N) is 1. The van der Waals surface area contributed by atoms with Gasteiger partial charge in [0.25, 0.3) is 5.91 Å². The number of benzene rings is 1. The minimum Gasteiger partial charge on any atom is -0.484 e. The van der Waals surface area contributed by atoms with Gasteiger partial charge in [-0.25, -0.2) is 5.43 Å². The number of hydrazone groups is 1. The molecule has 116 valence electrons. The first-order valence-electron chi connectivity index (χ1n) is 6.73. The van der Waals surface area contributed by atoms with Crippen LogP contribution in [0.5, 0.6) is 5.75 Å². The van der Waals surface area contributed by atoms with Crippen LogP contribution in [0.1, 0.15) is 21.6 Å². The van der Waals surface area contributed by atoms with Gasteiger partial charge in [0.2, 0.25) is 0 Å². The molecule has 1 amide bonds. The Morgan fingerprint density at radius 2 is 2.00 bits per heavy atom. The van der Waals surface area contributed by atoms with E-state index >= 15 is 0 Å². The van der Waals surface area contributed by atoms with Gasteiger partial charge in [0, 0.05) is 9.90 Å². The van der Waals surface area contributed by atoms with Gasteiger partial charge in [-0.3, -0.25) is 4.79 Å². The number of ether oxygens (including phenoxy) is 1. The molecule has 0 aliphatic heterocycles. The fourth-order valence-corrected chi connectivity index (χ4v) is 2.75. The van der Waals surface area contributed by atoms with E-state index in [1.165, 1.54) is 0 Å². The second-order valence-corrected chi connectivity index (χ2v) is 6.25. The molecule has 1 aromatic heterocycles. The van der Waals surface area contributed by atoms with Crippen LogP contribution in [0.15, 0.2) is 28.7 Å². The Hall–Kier alpha value is -1.85. The minimum absolute atomic E-state index is 0.0960. The van der Waals surface area contributed by atoms with Crippen molar-refractivity contribution in [2.75, 3.05) is 6.61 Å². The van der Waals surface area contributed by atoms with E-state index in [-0.39, 0.29) is 12.5 Å². The molecule has 0 aliphatic rings. The van der Waals surface area contributed by atoms with Gasteiger partial charge in [-0.05, 0) is 61.0 Å².